The first-order chi connectivity index (χ1) is 22.2. The number of carboxylic acids is 1. The van der Waals surface area contributed by atoms with Crippen molar-refractivity contribution in [3.8, 4) is 5.75 Å². The lowest BCUT2D eigenvalue weighted by Crippen LogP contribution is -2.81. The molecule has 9 heterocycles. The van der Waals surface area contributed by atoms with Crippen molar-refractivity contribution in [1.82, 2.24) is 4.90 Å². The third-order valence-corrected chi connectivity index (χ3v) is 15.6. The molecular weight excluding hydrogens is 576 g/mol. The maximum absolute atomic E-state index is 13.3. The second-order valence-electron chi connectivity index (χ2n) is 16.5. The zero-order chi connectivity index (χ0) is 31.1. The van der Waals surface area contributed by atoms with Crippen molar-refractivity contribution in [3.63, 3.8) is 0 Å². The molecule has 0 amide bonds. The lowest BCUT2D eigenvalue weighted by atomic mass is 9.58. The van der Waals surface area contributed by atoms with Gasteiger partial charge in [-0.25, -0.2) is 4.79 Å². The zero-order valence-corrected chi connectivity index (χ0v) is 27.0. The van der Waals surface area contributed by atoms with E-state index in [-0.39, 0.29) is 17.6 Å². The minimum atomic E-state index is -0.938. The van der Waals surface area contributed by atoms with Gasteiger partial charge in [0.2, 0.25) is 11.4 Å². The molecule has 8 nitrogen and oxygen atoms in total. The molecule has 11 rings (SSSR count). The highest BCUT2D eigenvalue weighted by Gasteiger charge is 2.81. The van der Waals surface area contributed by atoms with E-state index >= 15 is 0 Å². The number of para-hydroxylation sites is 1. The van der Waals surface area contributed by atoms with Crippen LogP contribution >= 0.6 is 0 Å². The molecule has 8 heteroatoms. The number of ether oxygens (including phenoxy) is 1. The Morgan fingerprint density at radius 3 is 2.80 bits per heavy atom. The summed E-state index contributed by atoms with van der Waals surface area (Å²) in [6, 6.07) is 12.5. The Morgan fingerprint density at radius 2 is 1.98 bits per heavy atom. The Bertz CT molecular complexity index is 1810. The van der Waals surface area contributed by atoms with Crippen molar-refractivity contribution in [2.45, 2.75) is 99.7 Å². The fourth-order valence-corrected chi connectivity index (χ4v) is 13.7. The average Bonchev–Trinajstić information content (AvgIpc) is 3.67. The molecule has 2 aromatic carbocycles. The average molecular weight is 622 g/mol. The van der Waals surface area contributed by atoms with Crippen LogP contribution in [0.2, 0.25) is 0 Å². The van der Waals surface area contributed by atoms with E-state index in [1.165, 1.54) is 43.4 Å². The van der Waals surface area contributed by atoms with Gasteiger partial charge in [-0.1, -0.05) is 36.8 Å². The van der Waals surface area contributed by atoms with Gasteiger partial charge in [0.1, 0.15) is 11.8 Å². The molecule has 9 aliphatic heterocycles. The third-order valence-electron chi connectivity index (χ3n) is 15.6. The molecule has 4 bridgehead atoms. The van der Waals surface area contributed by atoms with E-state index < -0.39 is 28.8 Å². The second kappa shape index (κ2) is 7.96. The Balaban J connectivity index is 1.12. The number of carbonyl (C=O) groups is 1. The van der Waals surface area contributed by atoms with Crippen LogP contribution in [0.25, 0.3) is 0 Å². The fraction of sp³-hybridized carbons (Fsp3) is 0.605. The van der Waals surface area contributed by atoms with E-state index in [2.05, 4.69) is 71.4 Å². The number of anilines is 2. The summed E-state index contributed by atoms with van der Waals surface area (Å²) in [6.45, 7) is 9.50. The Kier molecular flexibility index (Phi) is 4.66. The number of nitrogens with one attached hydrogen (secondary N) is 1. The molecule has 46 heavy (non-hydrogen) atoms. The molecule has 0 radical (unpaired) electrons. The van der Waals surface area contributed by atoms with Gasteiger partial charge in [-0.3, -0.25) is 9.38 Å². The summed E-state index contributed by atoms with van der Waals surface area (Å²) in [5, 5.41) is 28.1. The number of rotatable bonds is 2. The molecule has 3 spiro atoms. The number of aliphatic carboxylic acids is 1. The highest BCUT2D eigenvalue weighted by atomic mass is 16.5. The molecule has 3 N–H and O–H groups in total. The Morgan fingerprint density at radius 1 is 1.11 bits per heavy atom. The number of allylic oxidation sites excluding steroid dienone is 1. The molecule has 9 aliphatic rings. The molecule has 240 valence electrons. The third kappa shape index (κ3) is 2.49. The first kappa shape index (κ1) is 26.9. The molecule has 0 saturated carbocycles. The van der Waals surface area contributed by atoms with Gasteiger partial charge >= 0.3 is 5.97 Å². The number of hydrogen-bond acceptors (Lipinski definition) is 6. The summed E-state index contributed by atoms with van der Waals surface area (Å²) in [6.07, 6.45) is 10.5. The zero-order valence-electron chi connectivity index (χ0n) is 27.0. The monoisotopic (exact) mass is 621 g/mol. The van der Waals surface area contributed by atoms with E-state index in [9.17, 15) is 15.0 Å². The molecule has 6 saturated heterocycles. The van der Waals surface area contributed by atoms with Gasteiger partial charge < -0.3 is 25.2 Å². The summed E-state index contributed by atoms with van der Waals surface area (Å²) in [5.41, 5.74) is 4.39. The summed E-state index contributed by atoms with van der Waals surface area (Å²) < 4.78 is 8.46. The van der Waals surface area contributed by atoms with E-state index in [0.717, 1.165) is 84.6 Å². The Labute approximate surface area is 270 Å². The van der Waals surface area contributed by atoms with Crippen LogP contribution in [0.4, 0.5) is 11.4 Å². The number of piperidine rings is 5. The van der Waals surface area contributed by atoms with Crippen LogP contribution < -0.4 is 15.0 Å². The molecular formula is C38H45N4O4+. The predicted molar refractivity (Wildman–Crippen MR) is 174 cm³/mol. The quantitative estimate of drug-likeness (QED) is 0.325. The van der Waals surface area contributed by atoms with Crippen LogP contribution in [0.15, 0.2) is 48.0 Å². The van der Waals surface area contributed by atoms with Crippen LogP contribution in [0.3, 0.4) is 0 Å². The number of fused-ring (bicyclic) bond motifs is 7. The normalized spacial score (nSPS) is 47.2. The van der Waals surface area contributed by atoms with Gasteiger partial charge in [0, 0.05) is 65.8 Å². The maximum atomic E-state index is 13.3. The van der Waals surface area contributed by atoms with Crippen molar-refractivity contribution in [2.75, 3.05) is 42.9 Å². The summed E-state index contributed by atoms with van der Waals surface area (Å²) >= 11 is 0. The SMILES string of the molecule is C/C=C1/CN2CC[C@@]34c5cc6c(cc5O[C@@]35[C@@H]2C[C@@H]1[C@@H](C(=O)O)N5c1ccccc14)N[C@@]12CC[C@@]3(CC)CCC[N@+]1(CC[C@@]62O)C3. The molecule has 2 aromatic rings. The molecule has 6 fully saturated rings. The maximum Gasteiger partial charge on any atom is 0.327 e. The number of hydrogen-bond donors (Lipinski definition) is 3. The second-order valence-corrected chi connectivity index (χ2v) is 16.5. The molecule has 0 aromatic heterocycles. The van der Waals surface area contributed by atoms with Gasteiger partial charge in [0.05, 0.1) is 31.1 Å². The van der Waals surface area contributed by atoms with E-state index in [0.29, 0.717) is 5.41 Å². The smallest absolute Gasteiger partial charge is 0.327 e. The number of nitrogens with zero attached hydrogens (tertiary/aromatic N) is 3. The summed E-state index contributed by atoms with van der Waals surface area (Å²) in [5.74, 6) is 0.0417. The minimum Gasteiger partial charge on any atom is -0.480 e. The van der Waals surface area contributed by atoms with Crippen molar-refractivity contribution < 1.29 is 24.2 Å². The predicted octanol–water partition coefficient (Wildman–Crippen LogP) is 4.90. The fourth-order valence-electron chi connectivity index (χ4n) is 13.7. The topological polar surface area (TPSA) is 85.3 Å². The summed E-state index contributed by atoms with van der Waals surface area (Å²) in [7, 11) is 0. The van der Waals surface area contributed by atoms with Gasteiger partial charge in [-0.2, -0.15) is 0 Å². The Hall–Kier alpha value is -3.07. The van der Waals surface area contributed by atoms with Crippen LogP contribution in [0.1, 0.15) is 81.9 Å². The lowest BCUT2D eigenvalue weighted by Gasteiger charge is -2.64. The molecule has 0 unspecified atom stereocenters. The van der Waals surface area contributed by atoms with Crippen molar-refractivity contribution in [2.24, 2.45) is 11.3 Å². The highest BCUT2D eigenvalue weighted by Crippen LogP contribution is 2.72. The van der Waals surface area contributed by atoms with Crippen molar-refractivity contribution in [3.05, 3.63) is 64.7 Å². The van der Waals surface area contributed by atoms with Crippen LogP contribution in [0.5, 0.6) is 5.75 Å². The van der Waals surface area contributed by atoms with Gasteiger partial charge in [0.25, 0.3) is 0 Å². The van der Waals surface area contributed by atoms with E-state index in [1.54, 1.807) is 0 Å². The standard InChI is InChI=1S/C38H44N4O4/c1-3-23-21-40-15-13-35-25-8-5-6-9-29(25)41-32(33(43)44)24(23)18-31(40)38(35,41)46-30-20-28-26(19-27(30)35)36(45)14-17-42-16-7-10-34(4-2,22-42)11-12-37(36,42)39-28/h3,5-6,8-9,19-20,24,31-32,39,45H,4,7,10-18,21-22H2,1-2H3/p+1/b23-3-/t24-,31-,32-,34+,35+,36+,37-,38-,42-/m0/s1. The number of aliphatic hydroxyl groups is 1. The molecule has 0 aliphatic carbocycles. The number of benzene rings is 2. The first-order valence-electron chi connectivity index (χ1n) is 18.0. The number of quaternary nitrogens is 1. The minimum absolute atomic E-state index is 0.0552. The van der Waals surface area contributed by atoms with Gasteiger partial charge in [-0.15, -0.1) is 0 Å². The van der Waals surface area contributed by atoms with Gasteiger partial charge in [-0.05, 0) is 63.1 Å². The molecule has 9 atom stereocenters. The highest BCUT2D eigenvalue weighted by molar-refractivity contribution is 5.87. The van der Waals surface area contributed by atoms with Crippen molar-refractivity contribution >= 4 is 17.3 Å². The van der Waals surface area contributed by atoms with Crippen LogP contribution in [-0.2, 0) is 15.8 Å². The summed E-state index contributed by atoms with van der Waals surface area (Å²) in [4.78, 5) is 18.1. The van der Waals surface area contributed by atoms with Gasteiger partial charge in [0.15, 0.2) is 5.60 Å². The first-order valence-corrected chi connectivity index (χ1v) is 18.0. The lowest BCUT2D eigenvalue weighted by molar-refractivity contribution is -0.981. The van der Waals surface area contributed by atoms with Crippen molar-refractivity contribution in [1.29, 1.82) is 0 Å². The van der Waals surface area contributed by atoms with E-state index in [4.69, 9.17) is 4.74 Å². The van der Waals surface area contributed by atoms with Crippen LogP contribution in [-0.4, -0.2) is 81.8 Å². The van der Waals surface area contributed by atoms with Crippen LogP contribution in [0, 0.1) is 11.3 Å². The van der Waals surface area contributed by atoms with E-state index in [1.807, 2.05) is 0 Å². The number of carboxylic acid groups (broad SMARTS) is 1. The largest absolute Gasteiger partial charge is 0.480 e.